The van der Waals surface area contributed by atoms with Crippen molar-refractivity contribution in [1.82, 2.24) is 10.2 Å². The maximum absolute atomic E-state index is 13.4. The Labute approximate surface area is 179 Å². The molecule has 0 unspecified atom stereocenters. The van der Waals surface area contributed by atoms with Crippen LogP contribution in [0.1, 0.15) is 42.1 Å². The number of ether oxygens (including phenoxy) is 2. The van der Waals surface area contributed by atoms with Crippen molar-refractivity contribution >= 4 is 17.7 Å². The van der Waals surface area contributed by atoms with Crippen LogP contribution in [-0.4, -0.2) is 42.4 Å². The molecule has 2 heterocycles. The molecule has 7 nitrogen and oxygen atoms in total. The maximum Gasteiger partial charge on any atom is 0.325 e. The average molecular weight is 426 g/mol. The first-order chi connectivity index (χ1) is 14.9. The van der Waals surface area contributed by atoms with Gasteiger partial charge in [-0.1, -0.05) is 31.9 Å². The first-order valence-corrected chi connectivity index (χ1v) is 10.3. The van der Waals surface area contributed by atoms with Crippen LogP contribution >= 0.6 is 0 Å². The molecule has 0 aromatic heterocycles. The first-order valence-electron chi connectivity index (χ1n) is 10.3. The number of rotatable bonds is 7. The summed E-state index contributed by atoms with van der Waals surface area (Å²) >= 11 is 0. The monoisotopic (exact) mass is 426 g/mol. The molecular formula is C23H23FN2O5. The van der Waals surface area contributed by atoms with Crippen molar-refractivity contribution in [1.29, 1.82) is 0 Å². The van der Waals surface area contributed by atoms with Crippen molar-refractivity contribution in [3.8, 4) is 11.5 Å². The van der Waals surface area contributed by atoms with E-state index in [2.05, 4.69) is 5.32 Å². The van der Waals surface area contributed by atoms with Crippen LogP contribution in [0.15, 0.2) is 42.5 Å². The summed E-state index contributed by atoms with van der Waals surface area (Å²) in [5.74, 6) is -0.336. The van der Waals surface area contributed by atoms with Crippen molar-refractivity contribution in [3.05, 3.63) is 59.4 Å². The zero-order chi connectivity index (χ0) is 22.0. The molecule has 0 bridgehead atoms. The number of imide groups is 1. The van der Waals surface area contributed by atoms with Crippen LogP contribution in [0.4, 0.5) is 9.18 Å². The third-order valence-electron chi connectivity index (χ3n) is 5.58. The number of nitrogens with zero attached hydrogens (tertiary/aromatic N) is 1. The molecule has 1 fully saturated rings. The third-order valence-corrected chi connectivity index (χ3v) is 5.58. The summed E-state index contributed by atoms with van der Waals surface area (Å²) in [5, 5.41) is 2.76. The Hall–Kier alpha value is -3.42. The highest BCUT2D eigenvalue weighted by molar-refractivity contribution is 6.11. The predicted octanol–water partition coefficient (Wildman–Crippen LogP) is 3.42. The smallest absolute Gasteiger partial charge is 0.325 e. The number of carbonyl (C=O) groups excluding carboxylic acids is 3. The van der Waals surface area contributed by atoms with Crippen molar-refractivity contribution in [2.75, 3.05) is 19.8 Å². The number of nitrogens with one attached hydrogen (secondary N) is 1. The number of Topliss-reactive ketones (excluding diaryl/α,β-unsaturated/α-hetero) is 1. The van der Waals surface area contributed by atoms with Crippen LogP contribution < -0.4 is 14.8 Å². The van der Waals surface area contributed by atoms with E-state index in [1.165, 1.54) is 24.3 Å². The fourth-order valence-corrected chi connectivity index (χ4v) is 3.91. The largest absolute Gasteiger partial charge is 0.486 e. The summed E-state index contributed by atoms with van der Waals surface area (Å²) in [7, 11) is 0. The van der Waals surface area contributed by atoms with E-state index >= 15 is 0 Å². The Morgan fingerprint density at radius 1 is 1.10 bits per heavy atom. The van der Waals surface area contributed by atoms with E-state index in [0.717, 1.165) is 11.3 Å². The highest BCUT2D eigenvalue weighted by Crippen LogP contribution is 2.35. The van der Waals surface area contributed by atoms with Crippen LogP contribution in [-0.2, 0) is 10.3 Å². The number of hydrogen-bond acceptors (Lipinski definition) is 5. The van der Waals surface area contributed by atoms with Gasteiger partial charge in [-0.2, -0.15) is 0 Å². The summed E-state index contributed by atoms with van der Waals surface area (Å²) in [6.07, 6.45) is 1.84. The lowest BCUT2D eigenvalue weighted by atomic mass is 9.84. The summed E-state index contributed by atoms with van der Waals surface area (Å²) in [5.41, 5.74) is -0.499. The minimum atomic E-state index is -1.31. The number of hydrogen-bond donors (Lipinski definition) is 1. The minimum absolute atomic E-state index is 0.317. The summed E-state index contributed by atoms with van der Waals surface area (Å²) < 4.78 is 24.4. The second kappa shape index (κ2) is 8.37. The number of benzene rings is 2. The molecule has 1 N–H and O–H groups in total. The Bertz CT molecular complexity index is 1020. The molecule has 2 aromatic rings. The second-order valence-corrected chi connectivity index (χ2v) is 7.62. The van der Waals surface area contributed by atoms with E-state index in [9.17, 15) is 18.8 Å². The number of unbranched alkanes of at least 4 members (excludes halogenated alkanes) is 1. The number of fused-ring (bicyclic) bond motifs is 1. The molecule has 4 rings (SSSR count). The molecule has 0 aliphatic carbocycles. The third kappa shape index (κ3) is 3.85. The fourth-order valence-electron chi connectivity index (χ4n) is 3.91. The topological polar surface area (TPSA) is 84.9 Å². The van der Waals surface area contributed by atoms with Crippen LogP contribution in [0.25, 0.3) is 0 Å². The molecule has 162 valence electrons. The Kier molecular flexibility index (Phi) is 5.63. The van der Waals surface area contributed by atoms with Gasteiger partial charge in [-0.15, -0.1) is 0 Å². The van der Waals surface area contributed by atoms with Crippen LogP contribution in [0, 0.1) is 5.82 Å². The summed E-state index contributed by atoms with van der Waals surface area (Å²) in [6, 6.07) is 9.63. The van der Waals surface area contributed by atoms with E-state index in [1.807, 2.05) is 6.92 Å². The zero-order valence-electron chi connectivity index (χ0n) is 17.2. The maximum atomic E-state index is 13.4. The van der Waals surface area contributed by atoms with Crippen molar-refractivity contribution in [2.24, 2.45) is 0 Å². The molecule has 2 aliphatic heterocycles. The lowest BCUT2D eigenvalue weighted by molar-refractivity contribution is -0.131. The van der Waals surface area contributed by atoms with E-state index in [4.69, 9.17) is 9.47 Å². The van der Waals surface area contributed by atoms with Gasteiger partial charge in [0.2, 0.25) is 0 Å². The second-order valence-electron chi connectivity index (χ2n) is 7.62. The van der Waals surface area contributed by atoms with Crippen LogP contribution in [0.2, 0.25) is 0 Å². The number of amides is 3. The van der Waals surface area contributed by atoms with Crippen molar-refractivity contribution < 1.29 is 28.2 Å². The minimum Gasteiger partial charge on any atom is -0.486 e. The van der Waals surface area contributed by atoms with Gasteiger partial charge < -0.3 is 14.8 Å². The van der Waals surface area contributed by atoms with Crippen LogP contribution in [0.3, 0.4) is 0 Å². The summed E-state index contributed by atoms with van der Waals surface area (Å²) in [6.45, 7) is 2.39. The zero-order valence-corrected chi connectivity index (χ0v) is 17.2. The molecule has 0 radical (unpaired) electrons. The fraction of sp³-hybridized carbons (Fsp3) is 0.348. The van der Waals surface area contributed by atoms with Gasteiger partial charge in [0, 0.05) is 5.56 Å². The van der Waals surface area contributed by atoms with E-state index in [-0.39, 0.29) is 0 Å². The van der Waals surface area contributed by atoms with Gasteiger partial charge in [0.15, 0.2) is 17.3 Å². The Morgan fingerprint density at radius 3 is 2.52 bits per heavy atom. The average Bonchev–Trinajstić information content (AvgIpc) is 3.02. The lowest BCUT2D eigenvalue weighted by Gasteiger charge is -2.27. The molecular weight excluding hydrogens is 403 g/mol. The van der Waals surface area contributed by atoms with Crippen molar-refractivity contribution in [3.63, 3.8) is 0 Å². The molecule has 1 saturated heterocycles. The molecule has 2 aliphatic rings. The number of carbonyl (C=O) groups is 3. The molecule has 3 amide bonds. The highest BCUT2D eigenvalue weighted by Gasteiger charge is 2.52. The SMILES string of the molecule is CCCC[C@]1(c2ccc(F)cc2)NC(=O)N(CC(=O)c2ccc3c(c2)OCCO3)C1=O. The number of urea groups is 1. The highest BCUT2D eigenvalue weighted by atomic mass is 19.1. The van der Waals surface area contributed by atoms with Gasteiger partial charge in [0.1, 0.15) is 24.6 Å². The van der Waals surface area contributed by atoms with Gasteiger partial charge in [-0.25, -0.2) is 9.18 Å². The van der Waals surface area contributed by atoms with E-state index in [1.54, 1.807) is 18.2 Å². The standard InChI is InChI=1S/C23H23FN2O5/c1-2-3-10-23(16-5-7-17(24)8-6-16)21(28)26(22(29)25-23)14-18(27)15-4-9-19-20(13-15)31-12-11-30-19/h4-9,13H,2-3,10-12,14H2,1H3,(H,25,29)/t23-/m1/s1. The molecule has 0 saturated carbocycles. The van der Waals surface area contributed by atoms with Crippen molar-refractivity contribution in [2.45, 2.75) is 31.7 Å². The van der Waals surface area contributed by atoms with Crippen LogP contribution in [0.5, 0.6) is 11.5 Å². The quantitative estimate of drug-likeness (QED) is 0.542. The van der Waals surface area contributed by atoms with Gasteiger partial charge in [-0.05, 0) is 42.3 Å². The Morgan fingerprint density at radius 2 is 1.81 bits per heavy atom. The lowest BCUT2D eigenvalue weighted by Crippen LogP contribution is -2.44. The molecule has 1 atom stereocenters. The predicted molar refractivity (Wildman–Crippen MR) is 110 cm³/mol. The van der Waals surface area contributed by atoms with Gasteiger partial charge in [-0.3, -0.25) is 14.5 Å². The normalized spacial score (nSPS) is 20.0. The molecule has 0 spiro atoms. The van der Waals surface area contributed by atoms with Gasteiger partial charge >= 0.3 is 6.03 Å². The molecule has 31 heavy (non-hydrogen) atoms. The van der Waals surface area contributed by atoms with E-state index in [0.29, 0.717) is 48.7 Å². The molecule has 8 heteroatoms. The van der Waals surface area contributed by atoms with Gasteiger partial charge in [0.05, 0.1) is 6.54 Å². The Balaban J connectivity index is 1.59. The summed E-state index contributed by atoms with van der Waals surface area (Å²) in [4.78, 5) is 39.9. The number of ketones is 1. The van der Waals surface area contributed by atoms with Gasteiger partial charge in [0.25, 0.3) is 5.91 Å². The van der Waals surface area contributed by atoms with E-state index < -0.39 is 35.6 Å². The molecule has 2 aromatic carbocycles. The first kappa shape index (κ1) is 20.8. The number of halogens is 1.